The summed E-state index contributed by atoms with van der Waals surface area (Å²) >= 11 is 0. The molecule has 9 heavy (non-hydrogen) atoms. The summed E-state index contributed by atoms with van der Waals surface area (Å²) in [5, 5.41) is 9.07. The Morgan fingerprint density at radius 2 is 2.33 bits per heavy atom. The zero-order valence-electron chi connectivity index (χ0n) is 5.88. The van der Waals surface area contributed by atoms with Crippen molar-refractivity contribution in [3.63, 3.8) is 0 Å². The Hall–Kier alpha value is -0.630. The molecule has 0 rings (SSSR count). The molecule has 0 saturated carbocycles. The highest BCUT2D eigenvalue weighted by Gasteiger charge is 2.04. The van der Waals surface area contributed by atoms with Crippen LogP contribution < -0.4 is 0 Å². The fraction of sp³-hybridized carbons (Fsp3) is 0.571. The molecular weight excluding hydrogens is 114 g/mol. The van der Waals surface area contributed by atoms with Crippen LogP contribution in [0.25, 0.3) is 0 Å². The maximum atomic E-state index is 9.07. The Labute approximate surface area is 56.1 Å². The van der Waals surface area contributed by atoms with Gasteiger partial charge in [-0.15, -0.1) is 6.58 Å². The summed E-state index contributed by atoms with van der Waals surface area (Å²) in [4.78, 5) is 0. The van der Waals surface area contributed by atoms with Crippen LogP contribution in [0.15, 0.2) is 12.7 Å². The zero-order chi connectivity index (χ0) is 7.28. The van der Waals surface area contributed by atoms with Gasteiger partial charge in [0, 0.05) is 0 Å². The molecule has 0 radical (unpaired) electrons. The van der Waals surface area contributed by atoms with Gasteiger partial charge in [-0.05, 0) is 6.42 Å². The Kier molecular flexibility index (Phi) is 3.97. The van der Waals surface area contributed by atoms with Gasteiger partial charge in [0.15, 0.2) is 6.54 Å². The van der Waals surface area contributed by atoms with E-state index in [4.69, 9.17) is 5.11 Å². The summed E-state index contributed by atoms with van der Waals surface area (Å²) in [6.45, 7) is 7.71. The molecule has 0 aliphatic heterocycles. The predicted molar refractivity (Wildman–Crippen MR) is 39.0 cm³/mol. The second-order valence-corrected chi connectivity index (χ2v) is 2.22. The number of rotatable bonds is 4. The minimum atomic E-state index is -0.315. The Morgan fingerprint density at radius 1 is 1.78 bits per heavy atom. The lowest BCUT2D eigenvalue weighted by molar-refractivity contribution is -0.498. The SMILES string of the molecule is C=CCC(O)C[N+](=C)C. The van der Waals surface area contributed by atoms with Gasteiger partial charge in [-0.2, -0.15) is 0 Å². The third-order valence-corrected chi connectivity index (χ3v) is 0.961. The van der Waals surface area contributed by atoms with Gasteiger partial charge < -0.3 is 5.11 Å². The maximum absolute atomic E-state index is 9.07. The molecule has 2 nitrogen and oxygen atoms in total. The van der Waals surface area contributed by atoms with E-state index in [0.717, 1.165) is 0 Å². The molecule has 1 atom stereocenters. The molecule has 0 aromatic rings. The Bertz CT molecular complexity index is 109. The molecule has 0 spiro atoms. The monoisotopic (exact) mass is 128 g/mol. The van der Waals surface area contributed by atoms with Crippen LogP contribution in [0.4, 0.5) is 0 Å². The molecule has 0 amide bonds. The van der Waals surface area contributed by atoms with Gasteiger partial charge in [0.2, 0.25) is 0 Å². The quantitative estimate of drug-likeness (QED) is 0.328. The van der Waals surface area contributed by atoms with Crippen molar-refractivity contribution >= 4 is 6.72 Å². The van der Waals surface area contributed by atoms with Crippen LogP contribution in [-0.4, -0.2) is 36.1 Å². The summed E-state index contributed by atoms with van der Waals surface area (Å²) in [7, 11) is 1.83. The first-order valence-electron chi connectivity index (χ1n) is 2.97. The maximum Gasteiger partial charge on any atom is 0.168 e. The fourth-order valence-corrected chi connectivity index (χ4v) is 0.627. The lowest BCUT2D eigenvalue weighted by Gasteiger charge is -2.01. The van der Waals surface area contributed by atoms with E-state index >= 15 is 0 Å². The average molecular weight is 128 g/mol. The lowest BCUT2D eigenvalue weighted by atomic mass is 10.2. The van der Waals surface area contributed by atoms with Crippen LogP contribution in [0.2, 0.25) is 0 Å². The first kappa shape index (κ1) is 8.37. The van der Waals surface area contributed by atoms with E-state index in [1.807, 2.05) is 7.05 Å². The van der Waals surface area contributed by atoms with Crippen LogP contribution >= 0.6 is 0 Å². The third kappa shape index (κ3) is 5.24. The van der Waals surface area contributed by atoms with Crippen molar-refractivity contribution < 1.29 is 9.68 Å². The molecule has 2 heteroatoms. The molecule has 0 saturated heterocycles. The van der Waals surface area contributed by atoms with Crippen LogP contribution in [0, 0.1) is 0 Å². The van der Waals surface area contributed by atoms with E-state index in [0.29, 0.717) is 13.0 Å². The molecule has 0 heterocycles. The number of hydrogen-bond acceptors (Lipinski definition) is 1. The predicted octanol–water partition coefficient (Wildman–Crippen LogP) is 0.266. The topological polar surface area (TPSA) is 23.2 Å². The normalized spacial score (nSPS) is 12.7. The highest BCUT2D eigenvalue weighted by atomic mass is 16.3. The molecule has 0 fully saturated rings. The van der Waals surface area contributed by atoms with Gasteiger partial charge >= 0.3 is 0 Å². The Balaban J connectivity index is 3.37. The summed E-state index contributed by atoms with van der Waals surface area (Å²) < 4.78 is 1.70. The molecule has 0 bridgehead atoms. The second kappa shape index (κ2) is 4.27. The average Bonchev–Trinajstić information content (AvgIpc) is 1.63. The number of hydrogen-bond donors (Lipinski definition) is 1. The number of likely N-dealkylation sites (N-methyl/N-ethyl adjacent to an activating group) is 1. The van der Waals surface area contributed by atoms with E-state index < -0.39 is 0 Å². The third-order valence-electron chi connectivity index (χ3n) is 0.961. The smallest absolute Gasteiger partial charge is 0.168 e. The van der Waals surface area contributed by atoms with Crippen LogP contribution in [0.5, 0.6) is 0 Å². The highest BCUT2D eigenvalue weighted by molar-refractivity contribution is 5.14. The number of nitrogens with zero attached hydrogens (tertiary/aromatic N) is 1. The van der Waals surface area contributed by atoms with Gasteiger partial charge in [-0.3, -0.25) is 0 Å². The molecular formula is C7H14NO+. The van der Waals surface area contributed by atoms with E-state index in [9.17, 15) is 0 Å². The molecule has 0 aromatic heterocycles. The van der Waals surface area contributed by atoms with Crippen molar-refractivity contribution in [2.75, 3.05) is 13.6 Å². The van der Waals surface area contributed by atoms with E-state index in [1.54, 1.807) is 10.7 Å². The first-order valence-corrected chi connectivity index (χ1v) is 2.97. The summed E-state index contributed by atoms with van der Waals surface area (Å²) in [5.74, 6) is 0. The zero-order valence-corrected chi connectivity index (χ0v) is 5.88. The lowest BCUT2D eigenvalue weighted by Crippen LogP contribution is -2.19. The van der Waals surface area contributed by atoms with Crippen LogP contribution in [-0.2, 0) is 0 Å². The molecule has 1 unspecified atom stereocenters. The van der Waals surface area contributed by atoms with Gasteiger partial charge in [0.25, 0.3) is 0 Å². The Morgan fingerprint density at radius 3 is 2.67 bits per heavy atom. The van der Waals surface area contributed by atoms with Crippen molar-refractivity contribution in [2.45, 2.75) is 12.5 Å². The van der Waals surface area contributed by atoms with Gasteiger partial charge in [0.05, 0.1) is 0 Å². The van der Waals surface area contributed by atoms with Crippen molar-refractivity contribution in [2.24, 2.45) is 0 Å². The second-order valence-electron chi connectivity index (χ2n) is 2.22. The summed E-state index contributed by atoms with van der Waals surface area (Å²) in [5.41, 5.74) is 0. The van der Waals surface area contributed by atoms with Crippen molar-refractivity contribution in [3.8, 4) is 0 Å². The van der Waals surface area contributed by atoms with Crippen LogP contribution in [0.3, 0.4) is 0 Å². The van der Waals surface area contributed by atoms with E-state index in [-0.39, 0.29) is 6.10 Å². The molecule has 0 aromatic carbocycles. The number of aliphatic hydroxyl groups excluding tert-OH is 1. The number of aliphatic hydroxyl groups is 1. The first-order chi connectivity index (χ1) is 4.16. The minimum Gasteiger partial charge on any atom is -0.386 e. The molecule has 0 aliphatic carbocycles. The summed E-state index contributed by atoms with van der Waals surface area (Å²) in [6.07, 6.45) is 2.03. The van der Waals surface area contributed by atoms with E-state index in [2.05, 4.69) is 13.3 Å². The largest absolute Gasteiger partial charge is 0.386 e. The minimum absolute atomic E-state index is 0.315. The fourth-order valence-electron chi connectivity index (χ4n) is 0.627. The van der Waals surface area contributed by atoms with Crippen LogP contribution in [0.1, 0.15) is 6.42 Å². The van der Waals surface area contributed by atoms with Gasteiger partial charge in [-0.25, -0.2) is 4.58 Å². The van der Waals surface area contributed by atoms with Crippen molar-refractivity contribution in [1.82, 2.24) is 0 Å². The highest BCUT2D eigenvalue weighted by Crippen LogP contribution is 1.90. The molecule has 0 aliphatic rings. The summed E-state index contributed by atoms with van der Waals surface area (Å²) in [6, 6.07) is 0. The molecule has 1 N–H and O–H groups in total. The van der Waals surface area contributed by atoms with Gasteiger partial charge in [0.1, 0.15) is 19.9 Å². The van der Waals surface area contributed by atoms with Crippen molar-refractivity contribution in [3.05, 3.63) is 12.7 Å². The van der Waals surface area contributed by atoms with Gasteiger partial charge in [-0.1, -0.05) is 6.08 Å². The van der Waals surface area contributed by atoms with E-state index in [1.165, 1.54) is 0 Å². The standard InChI is InChI=1S/C7H14NO/c1-4-5-7(9)6-8(2)3/h4,7,9H,1-2,5-6H2,3H3/q+1. The molecule has 52 valence electrons. The van der Waals surface area contributed by atoms with Crippen molar-refractivity contribution in [1.29, 1.82) is 0 Å².